The van der Waals surface area contributed by atoms with E-state index in [0.29, 0.717) is 24.2 Å². The molecule has 0 radical (unpaired) electrons. The first-order valence-electron chi connectivity index (χ1n) is 5.98. The highest BCUT2D eigenvalue weighted by Gasteiger charge is 2.21. The van der Waals surface area contributed by atoms with Crippen molar-refractivity contribution in [3.8, 4) is 0 Å². The Morgan fingerprint density at radius 3 is 2.78 bits per heavy atom. The average molecular weight is 270 g/mol. The molecule has 1 fully saturated rings. The van der Waals surface area contributed by atoms with Crippen LogP contribution in [0.1, 0.15) is 12.8 Å². The van der Waals surface area contributed by atoms with Crippen molar-refractivity contribution in [3.05, 3.63) is 23.5 Å². The molecule has 18 heavy (non-hydrogen) atoms. The number of pyridine rings is 1. The second-order valence-corrected chi connectivity index (χ2v) is 4.85. The van der Waals surface area contributed by atoms with Crippen LogP contribution in [0, 0.1) is 5.92 Å². The first-order valence-corrected chi connectivity index (χ1v) is 6.36. The Bertz CT molecular complexity index is 402. The van der Waals surface area contributed by atoms with Crippen LogP contribution in [-0.4, -0.2) is 40.7 Å². The lowest BCUT2D eigenvalue weighted by Crippen LogP contribution is -2.39. The summed E-state index contributed by atoms with van der Waals surface area (Å²) in [5.74, 6) is 0.510. The van der Waals surface area contributed by atoms with E-state index >= 15 is 0 Å². The van der Waals surface area contributed by atoms with Gasteiger partial charge in [-0.1, -0.05) is 11.6 Å². The standard InChI is InChI=1S/C12H16ClN3O2/c13-11-2-1-10(8-15-11)14-7-9-3-5-16(6-4-9)12(17)18/h1-2,8-9,14H,3-7H2,(H,17,18). The normalized spacial score (nSPS) is 16.6. The van der Waals surface area contributed by atoms with Gasteiger partial charge in [0.25, 0.3) is 0 Å². The predicted molar refractivity (Wildman–Crippen MR) is 70.1 cm³/mol. The van der Waals surface area contributed by atoms with Gasteiger partial charge in [0.2, 0.25) is 0 Å². The van der Waals surface area contributed by atoms with Gasteiger partial charge in [-0.3, -0.25) is 0 Å². The van der Waals surface area contributed by atoms with Crippen molar-refractivity contribution in [3.63, 3.8) is 0 Å². The highest BCUT2D eigenvalue weighted by Crippen LogP contribution is 2.18. The van der Waals surface area contributed by atoms with Crippen molar-refractivity contribution in [1.29, 1.82) is 0 Å². The summed E-state index contributed by atoms with van der Waals surface area (Å²) in [5.41, 5.74) is 0.945. The molecule has 5 nitrogen and oxygen atoms in total. The number of nitrogens with one attached hydrogen (secondary N) is 1. The maximum absolute atomic E-state index is 10.8. The van der Waals surface area contributed by atoms with E-state index in [9.17, 15) is 4.79 Å². The minimum absolute atomic E-state index is 0.482. The molecule has 1 saturated heterocycles. The number of hydrogen-bond acceptors (Lipinski definition) is 3. The summed E-state index contributed by atoms with van der Waals surface area (Å²) in [7, 11) is 0. The van der Waals surface area contributed by atoms with Gasteiger partial charge in [-0.25, -0.2) is 9.78 Å². The van der Waals surface area contributed by atoms with E-state index in [2.05, 4.69) is 10.3 Å². The van der Waals surface area contributed by atoms with Gasteiger partial charge < -0.3 is 15.3 Å². The SMILES string of the molecule is O=C(O)N1CCC(CNc2ccc(Cl)nc2)CC1. The Balaban J connectivity index is 1.75. The number of rotatable bonds is 3. The highest BCUT2D eigenvalue weighted by atomic mass is 35.5. The van der Waals surface area contributed by atoms with Crippen LogP contribution in [0.4, 0.5) is 10.5 Å². The fraction of sp³-hybridized carbons (Fsp3) is 0.500. The van der Waals surface area contributed by atoms with E-state index in [1.807, 2.05) is 6.07 Å². The fourth-order valence-electron chi connectivity index (χ4n) is 2.07. The van der Waals surface area contributed by atoms with Gasteiger partial charge in [-0.05, 0) is 30.9 Å². The number of halogens is 1. The molecule has 0 aliphatic carbocycles. The average Bonchev–Trinajstić information content (AvgIpc) is 2.38. The third-order valence-corrected chi connectivity index (χ3v) is 3.43. The topological polar surface area (TPSA) is 65.5 Å². The van der Waals surface area contributed by atoms with Crippen LogP contribution in [-0.2, 0) is 0 Å². The van der Waals surface area contributed by atoms with E-state index in [4.69, 9.17) is 16.7 Å². The van der Waals surface area contributed by atoms with Crippen molar-refractivity contribution in [2.24, 2.45) is 5.92 Å². The lowest BCUT2D eigenvalue weighted by molar-refractivity contribution is 0.126. The van der Waals surface area contributed by atoms with Gasteiger partial charge in [0.1, 0.15) is 5.15 Å². The third kappa shape index (κ3) is 3.50. The molecule has 1 aromatic heterocycles. The molecule has 1 aliphatic rings. The number of hydrogen-bond donors (Lipinski definition) is 2. The number of carbonyl (C=O) groups is 1. The Morgan fingerprint density at radius 2 is 2.22 bits per heavy atom. The second kappa shape index (κ2) is 5.91. The summed E-state index contributed by atoms with van der Waals surface area (Å²) in [6.45, 7) is 2.10. The molecule has 1 aromatic rings. The molecule has 2 rings (SSSR count). The van der Waals surface area contributed by atoms with Crippen LogP contribution >= 0.6 is 11.6 Å². The van der Waals surface area contributed by atoms with Gasteiger partial charge in [-0.15, -0.1) is 0 Å². The predicted octanol–water partition coefficient (Wildman–Crippen LogP) is 2.54. The minimum atomic E-state index is -0.816. The zero-order chi connectivity index (χ0) is 13.0. The number of amides is 1. The first kappa shape index (κ1) is 13.0. The molecule has 0 saturated carbocycles. The van der Waals surface area contributed by atoms with E-state index in [-0.39, 0.29) is 0 Å². The summed E-state index contributed by atoms with van der Waals surface area (Å²) in [6, 6.07) is 3.64. The van der Waals surface area contributed by atoms with Crippen LogP contribution in [0.5, 0.6) is 0 Å². The molecule has 0 spiro atoms. The van der Waals surface area contributed by atoms with Gasteiger partial charge in [0, 0.05) is 19.6 Å². The maximum atomic E-state index is 10.8. The molecule has 0 bridgehead atoms. The monoisotopic (exact) mass is 269 g/mol. The van der Waals surface area contributed by atoms with Crippen molar-refractivity contribution in [2.45, 2.75) is 12.8 Å². The van der Waals surface area contributed by atoms with E-state index in [0.717, 1.165) is 25.1 Å². The summed E-state index contributed by atoms with van der Waals surface area (Å²) in [5, 5.41) is 12.6. The Kier molecular flexibility index (Phi) is 4.25. The quantitative estimate of drug-likeness (QED) is 0.828. The molecular formula is C12H16ClN3O2. The smallest absolute Gasteiger partial charge is 0.407 e. The molecule has 2 heterocycles. The van der Waals surface area contributed by atoms with Crippen LogP contribution in [0.15, 0.2) is 18.3 Å². The zero-order valence-electron chi connectivity index (χ0n) is 9.97. The summed E-state index contributed by atoms with van der Waals surface area (Å²) < 4.78 is 0. The van der Waals surface area contributed by atoms with Gasteiger partial charge in [0.05, 0.1) is 11.9 Å². The van der Waals surface area contributed by atoms with Crippen LogP contribution < -0.4 is 5.32 Å². The van der Waals surface area contributed by atoms with E-state index in [1.54, 1.807) is 12.3 Å². The molecule has 0 atom stereocenters. The summed E-state index contributed by atoms with van der Waals surface area (Å²) >= 11 is 5.71. The molecule has 0 unspecified atom stereocenters. The van der Waals surface area contributed by atoms with Gasteiger partial charge in [-0.2, -0.15) is 0 Å². The molecule has 2 N–H and O–H groups in total. The lowest BCUT2D eigenvalue weighted by Gasteiger charge is -2.30. The summed E-state index contributed by atoms with van der Waals surface area (Å²) in [6.07, 6.45) is 2.69. The molecule has 1 aliphatic heterocycles. The maximum Gasteiger partial charge on any atom is 0.407 e. The van der Waals surface area contributed by atoms with Gasteiger partial charge in [0.15, 0.2) is 0 Å². The lowest BCUT2D eigenvalue weighted by atomic mass is 9.97. The van der Waals surface area contributed by atoms with E-state index in [1.165, 1.54) is 4.90 Å². The van der Waals surface area contributed by atoms with Gasteiger partial charge >= 0.3 is 6.09 Å². The van der Waals surface area contributed by atoms with Crippen LogP contribution in [0.3, 0.4) is 0 Å². The van der Waals surface area contributed by atoms with E-state index < -0.39 is 6.09 Å². The number of likely N-dealkylation sites (tertiary alicyclic amines) is 1. The van der Waals surface area contributed by atoms with Crippen LogP contribution in [0.2, 0.25) is 5.15 Å². The molecular weight excluding hydrogens is 254 g/mol. The number of nitrogens with zero attached hydrogens (tertiary/aromatic N) is 2. The Hall–Kier alpha value is -1.49. The second-order valence-electron chi connectivity index (χ2n) is 4.46. The zero-order valence-corrected chi connectivity index (χ0v) is 10.7. The fourth-order valence-corrected chi connectivity index (χ4v) is 2.18. The number of anilines is 1. The molecule has 1 amide bonds. The van der Waals surface area contributed by atoms with Crippen LogP contribution in [0.25, 0.3) is 0 Å². The molecule has 0 aromatic carbocycles. The highest BCUT2D eigenvalue weighted by molar-refractivity contribution is 6.29. The van der Waals surface area contributed by atoms with Crippen molar-refractivity contribution < 1.29 is 9.90 Å². The third-order valence-electron chi connectivity index (χ3n) is 3.21. The van der Waals surface area contributed by atoms with Crippen molar-refractivity contribution in [1.82, 2.24) is 9.88 Å². The van der Waals surface area contributed by atoms with Crippen molar-refractivity contribution in [2.75, 3.05) is 25.0 Å². The Morgan fingerprint density at radius 1 is 1.50 bits per heavy atom. The first-order chi connectivity index (χ1) is 8.65. The Labute approximate surface area is 111 Å². The van der Waals surface area contributed by atoms with Crippen molar-refractivity contribution >= 4 is 23.4 Å². The largest absolute Gasteiger partial charge is 0.465 e. The molecule has 98 valence electrons. The minimum Gasteiger partial charge on any atom is -0.465 e. The number of aromatic nitrogens is 1. The summed E-state index contributed by atoms with van der Waals surface area (Å²) in [4.78, 5) is 16.2. The number of piperidine rings is 1. The molecule has 6 heteroatoms. The number of carboxylic acid groups (broad SMARTS) is 1.